The maximum atomic E-state index is 12.4. The van der Waals surface area contributed by atoms with E-state index in [1.165, 1.54) is 34.9 Å². The third kappa shape index (κ3) is 6.07. The topological polar surface area (TPSA) is 85.1 Å². The van der Waals surface area contributed by atoms with Crippen LogP contribution in [0.4, 0.5) is 5.13 Å². The molecule has 0 aliphatic rings. The van der Waals surface area contributed by atoms with Crippen LogP contribution < -0.4 is 11.1 Å². The third-order valence-corrected chi connectivity index (χ3v) is 7.19. The zero-order valence-corrected chi connectivity index (χ0v) is 17.3. The van der Waals surface area contributed by atoms with Gasteiger partial charge >= 0.3 is 0 Å². The Morgan fingerprint density at radius 1 is 1.40 bits per heavy atom. The van der Waals surface area contributed by atoms with Crippen molar-refractivity contribution in [2.45, 2.75) is 28.2 Å². The van der Waals surface area contributed by atoms with Crippen molar-refractivity contribution in [1.82, 2.24) is 4.98 Å². The number of amides is 2. The second-order valence-electron chi connectivity index (χ2n) is 4.97. The average molecular weight is 436 g/mol. The van der Waals surface area contributed by atoms with Crippen molar-refractivity contribution in [1.29, 1.82) is 0 Å². The lowest BCUT2D eigenvalue weighted by Crippen LogP contribution is -2.22. The number of nitrogens with zero attached hydrogens (tertiary/aromatic N) is 1. The van der Waals surface area contributed by atoms with Crippen LogP contribution in [0.1, 0.15) is 12.6 Å². The van der Waals surface area contributed by atoms with Gasteiger partial charge in [-0.05, 0) is 32.0 Å². The summed E-state index contributed by atoms with van der Waals surface area (Å²) in [5, 5.41) is 3.99. The van der Waals surface area contributed by atoms with E-state index < -0.39 is 5.91 Å². The molecule has 0 radical (unpaired) electrons. The summed E-state index contributed by atoms with van der Waals surface area (Å²) >= 11 is 16.0. The highest BCUT2D eigenvalue weighted by Gasteiger charge is 2.19. The number of rotatable bonds is 7. The number of halogens is 2. The molecule has 134 valence electrons. The van der Waals surface area contributed by atoms with Crippen molar-refractivity contribution in [3.05, 3.63) is 33.9 Å². The van der Waals surface area contributed by atoms with Gasteiger partial charge in [-0.3, -0.25) is 9.59 Å². The highest BCUT2D eigenvalue weighted by Crippen LogP contribution is 2.34. The summed E-state index contributed by atoms with van der Waals surface area (Å²) in [6.07, 6.45) is 0. The predicted octanol–water partition coefficient (Wildman–Crippen LogP) is 4.46. The van der Waals surface area contributed by atoms with Gasteiger partial charge in [-0.15, -0.1) is 23.5 Å². The van der Waals surface area contributed by atoms with Gasteiger partial charge in [-0.1, -0.05) is 34.5 Å². The largest absolute Gasteiger partial charge is 0.369 e. The number of anilines is 1. The van der Waals surface area contributed by atoms with Crippen LogP contribution in [0.3, 0.4) is 0 Å². The van der Waals surface area contributed by atoms with Gasteiger partial charge < -0.3 is 11.1 Å². The first kappa shape index (κ1) is 20.4. The maximum absolute atomic E-state index is 12.4. The number of carbonyl (C=O) groups excluding carboxylic acids is 2. The Morgan fingerprint density at radius 3 is 2.80 bits per heavy atom. The molecule has 1 aromatic heterocycles. The second-order valence-corrected chi connectivity index (χ2v) is 9.44. The first-order chi connectivity index (χ1) is 11.8. The summed E-state index contributed by atoms with van der Waals surface area (Å²) in [7, 11) is 0. The van der Waals surface area contributed by atoms with Crippen molar-refractivity contribution in [2.75, 3.05) is 11.1 Å². The number of aromatic nitrogens is 1. The van der Waals surface area contributed by atoms with Crippen molar-refractivity contribution in [3.63, 3.8) is 0 Å². The first-order valence-corrected chi connectivity index (χ1v) is 10.5. The Hall–Kier alpha value is -0.930. The van der Waals surface area contributed by atoms with E-state index in [4.69, 9.17) is 28.9 Å². The molecule has 1 unspecified atom stereocenters. The van der Waals surface area contributed by atoms with E-state index in [9.17, 15) is 9.59 Å². The standard InChI is InChI=1S/C15H15Cl2N3O2S3/c1-7-14(23-6-12(18)21)25-15(19-7)20-13(22)8(2)24-11-5-9(16)3-4-10(11)17/h3-5,8H,6H2,1-2H3,(H2,18,21)(H,19,20,22). The molecule has 1 atom stereocenters. The van der Waals surface area contributed by atoms with Gasteiger partial charge in [-0.25, -0.2) is 4.98 Å². The fourth-order valence-electron chi connectivity index (χ4n) is 1.72. The second kappa shape index (κ2) is 9.14. The molecular weight excluding hydrogens is 421 g/mol. The summed E-state index contributed by atoms with van der Waals surface area (Å²) in [4.78, 5) is 28.3. The number of hydrogen-bond donors (Lipinski definition) is 2. The first-order valence-electron chi connectivity index (χ1n) is 7.07. The highest BCUT2D eigenvalue weighted by molar-refractivity contribution is 8.01. The molecule has 25 heavy (non-hydrogen) atoms. The summed E-state index contributed by atoms with van der Waals surface area (Å²) in [6.45, 7) is 3.60. The Bertz CT molecular complexity index is 798. The molecule has 2 aromatic rings. The molecule has 10 heteroatoms. The van der Waals surface area contributed by atoms with E-state index in [0.29, 0.717) is 15.2 Å². The van der Waals surface area contributed by atoms with Gasteiger partial charge in [0, 0.05) is 9.92 Å². The molecule has 2 amide bonds. The summed E-state index contributed by atoms with van der Waals surface area (Å²) in [5.74, 6) is -0.413. The zero-order chi connectivity index (χ0) is 18.6. The number of carbonyl (C=O) groups is 2. The van der Waals surface area contributed by atoms with Crippen LogP contribution in [0.2, 0.25) is 10.0 Å². The lowest BCUT2D eigenvalue weighted by Gasteiger charge is -2.11. The Balaban J connectivity index is 2.00. The van der Waals surface area contributed by atoms with Crippen LogP contribution >= 0.6 is 58.1 Å². The molecule has 1 heterocycles. The van der Waals surface area contributed by atoms with E-state index in [2.05, 4.69) is 10.3 Å². The number of nitrogens with two attached hydrogens (primary N) is 1. The summed E-state index contributed by atoms with van der Waals surface area (Å²) in [6, 6.07) is 5.12. The van der Waals surface area contributed by atoms with Gasteiger partial charge in [0.2, 0.25) is 11.8 Å². The fourth-order valence-corrected chi connectivity index (χ4v) is 5.02. The molecule has 3 N–H and O–H groups in total. The maximum Gasteiger partial charge on any atom is 0.239 e. The molecule has 0 saturated carbocycles. The summed E-state index contributed by atoms with van der Waals surface area (Å²) in [5.41, 5.74) is 5.90. The van der Waals surface area contributed by atoms with Crippen molar-refractivity contribution < 1.29 is 9.59 Å². The smallest absolute Gasteiger partial charge is 0.239 e. The monoisotopic (exact) mass is 435 g/mol. The normalized spacial score (nSPS) is 12.0. The fraction of sp³-hybridized carbons (Fsp3) is 0.267. The molecule has 5 nitrogen and oxygen atoms in total. The Kier molecular flexibility index (Phi) is 7.45. The molecule has 0 aliphatic heterocycles. The van der Waals surface area contributed by atoms with Gasteiger partial charge in [0.25, 0.3) is 0 Å². The van der Waals surface area contributed by atoms with Crippen LogP contribution in [-0.4, -0.2) is 27.8 Å². The highest BCUT2D eigenvalue weighted by atomic mass is 35.5. The molecule has 2 rings (SSSR count). The molecule has 0 bridgehead atoms. The molecular formula is C15H15Cl2N3O2S3. The number of thiazole rings is 1. The Morgan fingerprint density at radius 2 is 2.12 bits per heavy atom. The zero-order valence-electron chi connectivity index (χ0n) is 13.3. The SMILES string of the molecule is Cc1nc(NC(=O)C(C)Sc2cc(Cl)ccc2Cl)sc1SCC(N)=O. The number of hydrogen-bond acceptors (Lipinski definition) is 6. The lowest BCUT2D eigenvalue weighted by molar-refractivity contribution is -0.116. The average Bonchev–Trinajstić information content (AvgIpc) is 2.88. The van der Waals surface area contributed by atoms with Crippen LogP contribution in [0, 0.1) is 6.92 Å². The summed E-state index contributed by atoms with van der Waals surface area (Å²) < 4.78 is 0.854. The minimum absolute atomic E-state index is 0.177. The van der Waals surface area contributed by atoms with Crippen LogP contribution in [0.15, 0.2) is 27.3 Å². The van der Waals surface area contributed by atoms with Crippen molar-refractivity contribution in [3.8, 4) is 0 Å². The minimum atomic E-state index is -0.396. The molecule has 0 saturated heterocycles. The number of nitrogens with one attached hydrogen (secondary N) is 1. The number of primary amides is 1. The molecule has 1 aromatic carbocycles. The van der Waals surface area contributed by atoms with E-state index >= 15 is 0 Å². The van der Waals surface area contributed by atoms with E-state index in [1.54, 1.807) is 25.1 Å². The van der Waals surface area contributed by atoms with Crippen LogP contribution in [0.25, 0.3) is 0 Å². The number of aryl methyl sites for hydroxylation is 1. The van der Waals surface area contributed by atoms with E-state index in [-0.39, 0.29) is 16.9 Å². The van der Waals surface area contributed by atoms with Crippen molar-refractivity contribution >= 4 is 75.0 Å². The predicted molar refractivity (Wildman–Crippen MR) is 107 cm³/mol. The Labute approximate surface area is 168 Å². The quantitative estimate of drug-likeness (QED) is 0.627. The van der Waals surface area contributed by atoms with Crippen LogP contribution in [0.5, 0.6) is 0 Å². The van der Waals surface area contributed by atoms with E-state index in [1.807, 2.05) is 6.92 Å². The number of benzene rings is 1. The van der Waals surface area contributed by atoms with Gasteiger partial charge in [-0.2, -0.15) is 0 Å². The van der Waals surface area contributed by atoms with Crippen LogP contribution in [-0.2, 0) is 9.59 Å². The van der Waals surface area contributed by atoms with E-state index in [0.717, 1.165) is 14.8 Å². The molecule has 0 fully saturated rings. The lowest BCUT2D eigenvalue weighted by atomic mass is 10.4. The van der Waals surface area contributed by atoms with Gasteiger partial charge in [0.1, 0.15) is 0 Å². The molecule has 0 spiro atoms. The van der Waals surface area contributed by atoms with Gasteiger partial charge in [0.15, 0.2) is 5.13 Å². The minimum Gasteiger partial charge on any atom is -0.369 e. The van der Waals surface area contributed by atoms with Crippen molar-refractivity contribution in [2.24, 2.45) is 5.73 Å². The van der Waals surface area contributed by atoms with Gasteiger partial charge in [0.05, 0.1) is 25.9 Å². The number of thioether (sulfide) groups is 2. The molecule has 0 aliphatic carbocycles. The third-order valence-electron chi connectivity index (χ3n) is 2.90.